The summed E-state index contributed by atoms with van der Waals surface area (Å²) in [7, 11) is 1.36. The molecule has 0 aliphatic rings. The van der Waals surface area contributed by atoms with Crippen LogP contribution in [-0.2, 0) is 4.84 Å². The van der Waals surface area contributed by atoms with Gasteiger partial charge >= 0.3 is 6.03 Å². The van der Waals surface area contributed by atoms with Gasteiger partial charge in [0.2, 0.25) is 0 Å². The SMILES string of the molecule is CON(C(N)=O)c1ccc(N)cc1. The highest BCUT2D eigenvalue weighted by molar-refractivity contribution is 5.88. The minimum Gasteiger partial charge on any atom is -0.399 e. The van der Waals surface area contributed by atoms with E-state index in [1.807, 2.05) is 0 Å². The number of primary amides is 1. The molecule has 0 spiro atoms. The number of nitrogens with zero attached hydrogens (tertiary/aromatic N) is 1. The Hall–Kier alpha value is -1.75. The fourth-order valence-corrected chi connectivity index (χ4v) is 0.932. The summed E-state index contributed by atoms with van der Waals surface area (Å²) < 4.78 is 0. The number of benzene rings is 1. The predicted molar refractivity (Wildman–Crippen MR) is 49.9 cm³/mol. The molecule has 0 aliphatic heterocycles. The second-order valence-electron chi connectivity index (χ2n) is 2.41. The Labute approximate surface area is 75.8 Å². The van der Waals surface area contributed by atoms with Gasteiger partial charge in [-0.25, -0.2) is 4.79 Å². The number of urea groups is 1. The van der Waals surface area contributed by atoms with Crippen molar-refractivity contribution in [1.82, 2.24) is 0 Å². The highest BCUT2D eigenvalue weighted by Gasteiger charge is 2.10. The van der Waals surface area contributed by atoms with E-state index in [9.17, 15) is 4.79 Å². The Morgan fingerprint density at radius 2 is 1.92 bits per heavy atom. The zero-order valence-electron chi connectivity index (χ0n) is 7.23. The van der Waals surface area contributed by atoms with Crippen LogP contribution in [0, 0.1) is 0 Å². The summed E-state index contributed by atoms with van der Waals surface area (Å²) in [6.45, 7) is 0. The number of rotatable bonds is 2. The number of nitrogen functional groups attached to an aromatic ring is 1. The molecule has 0 unspecified atom stereocenters. The van der Waals surface area contributed by atoms with Gasteiger partial charge < -0.3 is 11.5 Å². The summed E-state index contributed by atoms with van der Waals surface area (Å²) >= 11 is 0. The summed E-state index contributed by atoms with van der Waals surface area (Å²) in [6.07, 6.45) is 0. The van der Waals surface area contributed by atoms with Gasteiger partial charge in [-0.3, -0.25) is 4.84 Å². The van der Waals surface area contributed by atoms with Crippen molar-refractivity contribution in [2.75, 3.05) is 17.9 Å². The number of carbonyl (C=O) groups excluding carboxylic acids is 1. The summed E-state index contributed by atoms with van der Waals surface area (Å²) in [5.74, 6) is 0. The fourth-order valence-electron chi connectivity index (χ4n) is 0.932. The molecule has 0 aliphatic carbocycles. The zero-order valence-corrected chi connectivity index (χ0v) is 7.23. The molecule has 5 nitrogen and oxygen atoms in total. The minimum absolute atomic E-state index is 0.546. The maximum atomic E-state index is 10.8. The van der Waals surface area contributed by atoms with Crippen LogP contribution in [0.5, 0.6) is 0 Å². The van der Waals surface area contributed by atoms with Crippen molar-refractivity contribution in [2.45, 2.75) is 0 Å². The molecule has 0 saturated heterocycles. The highest BCUT2D eigenvalue weighted by atomic mass is 16.7. The van der Waals surface area contributed by atoms with E-state index < -0.39 is 6.03 Å². The smallest absolute Gasteiger partial charge is 0.343 e. The van der Waals surface area contributed by atoms with Gasteiger partial charge in [0.15, 0.2) is 0 Å². The Balaban J connectivity index is 2.92. The first kappa shape index (κ1) is 9.34. The summed E-state index contributed by atoms with van der Waals surface area (Å²) in [5.41, 5.74) is 11.7. The molecule has 13 heavy (non-hydrogen) atoms. The molecule has 5 heteroatoms. The van der Waals surface area contributed by atoms with Crippen LogP contribution in [0.2, 0.25) is 0 Å². The number of hydrogen-bond donors (Lipinski definition) is 2. The molecular weight excluding hydrogens is 170 g/mol. The molecule has 1 aromatic carbocycles. The Morgan fingerprint density at radius 3 is 2.31 bits per heavy atom. The van der Waals surface area contributed by atoms with Crippen molar-refractivity contribution in [1.29, 1.82) is 0 Å². The number of hydrogen-bond acceptors (Lipinski definition) is 3. The van der Waals surface area contributed by atoms with E-state index in [0.717, 1.165) is 5.06 Å². The zero-order chi connectivity index (χ0) is 9.84. The Morgan fingerprint density at radius 1 is 1.38 bits per heavy atom. The first-order valence-electron chi connectivity index (χ1n) is 3.64. The van der Waals surface area contributed by atoms with E-state index in [-0.39, 0.29) is 0 Å². The van der Waals surface area contributed by atoms with Gasteiger partial charge in [-0.05, 0) is 24.3 Å². The maximum Gasteiger partial charge on any atom is 0.343 e. The average molecular weight is 181 g/mol. The van der Waals surface area contributed by atoms with E-state index in [1.165, 1.54) is 7.11 Å². The quantitative estimate of drug-likeness (QED) is 0.521. The third-order valence-electron chi connectivity index (χ3n) is 1.51. The standard InChI is InChI=1S/C8H11N3O2/c1-13-11(8(10)12)7-4-2-6(9)3-5-7/h2-5H,9H2,1H3,(H2,10,12). The molecule has 4 N–H and O–H groups in total. The van der Waals surface area contributed by atoms with Crippen molar-refractivity contribution >= 4 is 17.4 Å². The second-order valence-corrected chi connectivity index (χ2v) is 2.41. The molecule has 1 aromatic rings. The van der Waals surface area contributed by atoms with Crippen LogP contribution in [0.1, 0.15) is 0 Å². The molecule has 1 rings (SSSR count). The molecule has 0 radical (unpaired) electrons. The molecule has 0 aromatic heterocycles. The largest absolute Gasteiger partial charge is 0.399 e. The molecular formula is C8H11N3O2. The summed E-state index contributed by atoms with van der Waals surface area (Å²) in [6, 6.07) is 5.93. The number of hydroxylamine groups is 1. The van der Waals surface area contributed by atoms with E-state index in [4.69, 9.17) is 16.3 Å². The molecule has 0 heterocycles. The van der Waals surface area contributed by atoms with Crippen molar-refractivity contribution in [3.8, 4) is 0 Å². The number of amides is 2. The van der Waals surface area contributed by atoms with Crippen molar-refractivity contribution in [2.24, 2.45) is 5.73 Å². The van der Waals surface area contributed by atoms with Crippen LogP contribution in [-0.4, -0.2) is 13.1 Å². The van der Waals surface area contributed by atoms with E-state index >= 15 is 0 Å². The van der Waals surface area contributed by atoms with Gasteiger partial charge in [-0.1, -0.05) is 0 Å². The average Bonchev–Trinajstić information content (AvgIpc) is 2.09. The lowest BCUT2D eigenvalue weighted by Crippen LogP contribution is -2.34. The molecule has 70 valence electrons. The first-order chi connectivity index (χ1) is 6.15. The molecule has 0 fully saturated rings. The Kier molecular flexibility index (Phi) is 2.71. The third-order valence-corrected chi connectivity index (χ3v) is 1.51. The lowest BCUT2D eigenvalue weighted by molar-refractivity contribution is 0.168. The molecule has 0 atom stereocenters. The maximum absolute atomic E-state index is 10.8. The second kappa shape index (κ2) is 3.77. The van der Waals surface area contributed by atoms with Gasteiger partial charge in [0.05, 0.1) is 12.8 Å². The van der Waals surface area contributed by atoms with Crippen LogP contribution < -0.4 is 16.5 Å². The fraction of sp³-hybridized carbons (Fsp3) is 0.125. The third kappa shape index (κ3) is 2.09. The van der Waals surface area contributed by atoms with Gasteiger partial charge in [0, 0.05) is 5.69 Å². The number of carbonyl (C=O) groups is 1. The summed E-state index contributed by atoms with van der Waals surface area (Å²) in [5, 5.41) is 0.972. The number of anilines is 2. The normalized spacial score (nSPS) is 9.62. The van der Waals surface area contributed by atoms with Crippen LogP contribution in [0.3, 0.4) is 0 Å². The van der Waals surface area contributed by atoms with Crippen molar-refractivity contribution in [3.63, 3.8) is 0 Å². The van der Waals surface area contributed by atoms with Crippen LogP contribution >= 0.6 is 0 Å². The predicted octanol–water partition coefficient (Wildman–Crippen LogP) is 0.715. The highest BCUT2D eigenvalue weighted by Crippen LogP contribution is 2.15. The summed E-state index contributed by atoms with van der Waals surface area (Å²) in [4.78, 5) is 15.6. The van der Waals surface area contributed by atoms with Crippen LogP contribution in [0.25, 0.3) is 0 Å². The van der Waals surface area contributed by atoms with Gasteiger partial charge in [0.1, 0.15) is 0 Å². The van der Waals surface area contributed by atoms with Gasteiger partial charge in [-0.2, -0.15) is 5.06 Å². The van der Waals surface area contributed by atoms with E-state index in [1.54, 1.807) is 24.3 Å². The molecule has 0 saturated carbocycles. The van der Waals surface area contributed by atoms with E-state index in [2.05, 4.69) is 0 Å². The molecule has 2 amide bonds. The van der Waals surface area contributed by atoms with Crippen molar-refractivity contribution in [3.05, 3.63) is 24.3 Å². The van der Waals surface area contributed by atoms with E-state index in [0.29, 0.717) is 11.4 Å². The topological polar surface area (TPSA) is 81.6 Å². The number of nitrogens with two attached hydrogens (primary N) is 2. The molecule has 0 bridgehead atoms. The van der Waals surface area contributed by atoms with Crippen molar-refractivity contribution < 1.29 is 9.63 Å². The lowest BCUT2D eigenvalue weighted by Gasteiger charge is -2.16. The Bertz CT molecular complexity index is 297. The van der Waals surface area contributed by atoms with Gasteiger partial charge in [-0.15, -0.1) is 0 Å². The monoisotopic (exact) mass is 181 g/mol. The van der Waals surface area contributed by atoms with Crippen LogP contribution in [0.15, 0.2) is 24.3 Å². The van der Waals surface area contributed by atoms with Crippen LogP contribution in [0.4, 0.5) is 16.2 Å². The minimum atomic E-state index is -0.674. The first-order valence-corrected chi connectivity index (χ1v) is 3.64. The van der Waals surface area contributed by atoms with Gasteiger partial charge in [0.25, 0.3) is 0 Å². The lowest BCUT2D eigenvalue weighted by atomic mass is 10.3.